The zero-order valence-electron chi connectivity index (χ0n) is 22.3. The number of hydrogen-bond acceptors (Lipinski definition) is 2. The Bertz CT molecular complexity index is 2230. The van der Waals surface area contributed by atoms with Gasteiger partial charge in [0.15, 0.2) is 0 Å². The quantitative estimate of drug-likeness (QED) is 0.260. The second-order valence-electron chi connectivity index (χ2n) is 10.3. The molecule has 3 aromatic carbocycles. The highest BCUT2D eigenvalue weighted by Crippen LogP contribution is 2.34. The van der Waals surface area contributed by atoms with E-state index in [0.29, 0.717) is 0 Å². The van der Waals surface area contributed by atoms with E-state index in [1.54, 1.807) is 0 Å². The van der Waals surface area contributed by atoms with Crippen LogP contribution in [0.1, 0.15) is 22.8 Å². The monoisotopic (exact) mass is 509 g/mol. The van der Waals surface area contributed by atoms with Crippen molar-refractivity contribution >= 4 is 33.4 Å². The Balaban J connectivity index is 1.37. The van der Waals surface area contributed by atoms with Crippen LogP contribution in [0.3, 0.4) is 0 Å². The molecule has 0 atom stereocenters. The first-order valence-corrected chi connectivity index (χ1v) is 13.2. The second kappa shape index (κ2) is 7.74. The van der Waals surface area contributed by atoms with E-state index in [4.69, 9.17) is 9.97 Å². The molecule has 5 aromatic heterocycles. The molecule has 8 rings (SSSR count). The normalized spacial score (nSPS) is 12.1. The average molecular weight is 510 g/mol. The third kappa shape index (κ3) is 2.98. The van der Waals surface area contributed by atoms with Crippen LogP contribution < -0.4 is 0 Å². The molecule has 39 heavy (non-hydrogen) atoms. The fourth-order valence-corrected chi connectivity index (χ4v) is 5.89. The van der Waals surface area contributed by atoms with Gasteiger partial charge in [-0.15, -0.1) is 0 Å². The zero-order chi connectivity index (χ0) is 26.4. The first-order valence-electron chi connectivity index (χ1n) is 13.2. The van der Waals surface area contributed by atoms with E-state index < -0.39 is 0 Å². The number of para-hydroxylation sites is 1. The standard InChI is InChI=1S/C32H27N7/c1-20-22(3)35-14-16-37(31(35)33-20)24-8-7-9-26(18-24)39-29-11-6-5-10-27(29)28-13-12-25(19-30(28)39)38-17-15-36-23(4)21(2)34-32(36)38/h5-19H,1-4H3. The molecule has 0 aliphatic rings. The lowest BCUT2D eigenvalue weighted by molar-refractivity contribution is 1.05. The third-order valence-corrected chi connectivity index (χ3v) is 8.20. The van der Waals surface area contributed by atoms with Crippen molar-refractivity contribution in [2.24, 2.45) is 0 Å². The molecule has 7 heteroatoms. The van der Waals surface area contributed by atoms with Gasteiger partial charge in [0.05, 0.1) is 33.8 Å². The van der Waals surface area contributed by atoms with E-state index in [1.807, 2.05) is 0 Å². The van der Waals surface area contributed by atoms with E-state index in [2.05, 4.69) is 142 Å². The molecule has 5 heterocycles. The first kappa shape index (κ1) is 22.0. The van der Waals surface area contributed by atoms with Crippen LogP contribution >= 0.6 is 0 Å². The molecule has 7 nitrogen and oxygen atoms in total. The first-order chi connectivity index (χ1) is 19.0. The van der Waals surface area contributed by atoms with Crippen molar-refractivity contribution in [2.45, 2.75) is 27.7 Å². The van der Waals surface area contributed by atoms with Gasteiger partial charge in [0.1, 0.15) is 0 Å². The van der Waals surface area contributed by atoms with Crippen LogP contribution in [0, 0.1) is 27.7 Å². The van der Waals surface area contributed by atoms with Gasteiger partial charge in [-0.1, -0.05) is 30.3 Å². The van der Waals surface area contributed by atoms with Gasteiger partial charge in [0.25, 0.3) is 0 Å². The molecule has 8 aromatic rings. The smallest absolute Gasteiger partial charge is 0.219 e. The van der Waals surface area contributed by atoms with Crippen molar-refractivity contribution in [3.63, 3.8) is 0 Å². The van der Waals surface area contributed by atoms with Crippen LogP contribution in [-0.2, 0) is 0 Å². The molecule has 0 saturated heterocycles. The van der Waals surface area contributed by atoms with Crippen LogP contribution in [0.5, 0.6) is 0 Å². The highest BCUT2D eigenvalue weighted by molar-refractivity contribution is 6.09. The Morgan fingerprint density at radius 2 is 1.10 bits per heavy atom. The van der Waals surface area contributed by atoms with Gasteiger partial charge in [-0.05, 0) is 64.1 Å². The molecular formula is C32H27N7. The summed E-state index contributed by atoms with van der Waals surface area (Å²) in [5.74, 6) is 1.85. The molecular weight excluding hydrogens is 482 g/mol. The molecule has 0 N–H and O–H groups in total. The van der Waals surface area contributed by atoms with E-state index in [1.165, 1.54) is 16.3 Å². The molecule has 0 saturated carbocycles. The summed E-state index contributed by atoms with van der Waals surface area (Å²) in [5, 5.41) is 2.46. The number of benzene rings is 3. The van der Waals surface area contributed by atoms with Crippen molar-refractivity contribution in [2.75, 3.05) is 0 Å². The van der Waals surface area contributed by atoms with Crippen LogP contribution in [-0.4, -0.2) is 32.5 Å². The number of hydrogen-bond donors (Lipinski definition) is 0. The summed E-state index contributed by atoms with van der Waals surface area (Å²) in [4.78, 5) is 9.66. The Labute approximate surface area is 224 Å². The fourth-order valence-electron chi connectivity index (χ4n) is 5.89. The summed E-state index contributed by atoms with van der Waals surface area (Å²) in [6.07, 6.45) is 8.35. The topological polar surface area (TPSA) is 49.4 Å². The van der Waals surface area contributed by atoms with Gasteiger partial charge in [0.2, 0.25) is 11.6 Å². The van der Waals surface area contributed by atoms with Gasteiger partial charge >= 0.3 is 0 Å². The predicted molar refractivity (Wildman–Crippen MR) is 156 cm³/mol. The zero-order valence-corrected chi connectivity index (χ0v) is 22.3. The second-order valence-corrected chi connectivity index (χ2v) is 10.3. The average Bonchev–Trinajstić information content (AvgIpc) is 3.74. The maximum Gasteiger partial charge on any atom is 0.219 e. The van der Waals surface area contributed by atoms with E-state index in [-0.39, 0.29) is 0 Å². The minimum atomic E-state index is 0.925. The van der Waals surface area contributed by atoms with Crippen molar-refractivity contribution in [1.29, 1.82) is 0 Å². The summed E-state index contributed by atoms with van der Waals surface area (Å²) in [6.45, 7) is 8.34. The van der Waals surface area contributed by atoms with Crippen molar-refractivity contribution in [3.8, 4) is 17.1 Å². The summed E-state index contributed by atoms with van der Waals surface area (Å²) in [6, 6.07) is 24.0. The highest BCUT2D eigenvalue weighted by Gasteiger charge is 2.16. The van der Waals surface area contributed by atoms with Crippen LogP contribution in [0.25, 0.3) is 50.4 Å². The lowest BCUT2D eigenvalue weighted by Gasteiger charge is -2.12. The highest BCUT2D eigenvalue weighted by atomic mass is 15.2. The lowest BCUT2D eigenvalue weighted by Crippen LogP contribution is -1.99. The SMILES string of the molecule is Cc1nc2n(-c3cccc(-n4c5ccccc5c5ccc(-n6ccn7c(C)c(C)nc67)cc54)c3)ccn2c1C. The van der Waals surface area contributed by atoms with Crippen molar-refractivity contribution < 1.29 is 0 Å². The number of nitrogens with zero attached hydrogens (tertiary/aromatic N) is 7. The number of rotatable bonds is 3. The van der Waals surface area contributed by atoms with Gasteiger partial charge in [0, 0.05) is 52.6 Å². The van der Waals surface area contributed by atoms with Crippen molar-refractivity contribution in [1.82, 2.24) is 32.5 Å². The van der Waals surface area contributed by atoms with Crippen LogP contribution in [0.4, 0.5) is 0 Å². The Morgan fingerprint density at radius 3 is 1.79 bits per heavy atom. The maximum absolute atomic E-state index is 4.83. The van der Waals surface area contributed by atoms with E-state index in [0.717, 1.165) is 56.9 Å². The molecule has 0 amide bonds. The van der Waals surface area contributed by atoms with Gasteiger partial charge in [-0.2, -0.15) is 0 Å². The Kier molecular flexibility index (Phi) is 4.36. The minimum Gasteiger partial charge on any atom is -0.309 e. The molecule has 0 bridgehead atoms. The summed E-state index contributed by atoms with van der Waals surface area (Å²) in [7, 11) is 0. The number of aryl methyl sites for hydroxylation is 4. The van der Waals surface area contributed by atoms with E-state index >= 15 is 0 Å². The van der Waals surface area contributed by atoms with Gasteiger partial charge in [-0.25, -0.2) is 9.97 Å². The third-order valence-electron chi connectivity index (χ3n) is 8.20. The maximum atomic E-state index is 4.83. The van der Waals surface area contributed by atoms with Crippen LogP contribution in [0.15, 0.2) is 91.5 Å². The summed E-state index contributed by atoms with van der Waals surface area (Å²) in [5.41, 5.74) is 10.0. The largest absolute Gasteiger partial charge is 0.309 e. The van der Waals surface area contributed by atoms with Gasteiger partial charge < -0.3 is 4.57 Å². The molecule has 190 valence electrons. The molecule has 0 radical (unpaired) electrons. The minimum absolute atomic E-state index is 0.925. The van der Waals surface area contributed by atoms with Crippen LogP contribution in [0.2, 0.25) is 0 Å². The number of fused-ring (bicyclic) bond motifs is 5. The number of imidazole rings is 4. The van der Waals surface area contributed by atoms with Gasteiger partial charge in [-0.3, -0.25) is 17.9 Å². The van der Waals surface area contributed by atoms with Crippen molar-refractivity contribution in [3.05, 3.63) is 114 Å². The van der Waals surface area contributed by atoms with E-state index in [9.17, 15) is 0 Å². The Morgan fingerprint density at radius 1 is 0.513 bits per heavy atom. The number of aromatic nitrogens is 7. The summed E-state index contributed by atoms with van der Waals surface area (Å²) < 4.78 is 11.0. The molecule has 0 aliphatic heterocycles. The molecule has 0 fully saturated rings. The molecule has 0 aliphatic carbocycles. The lowest BCUT2D eigenvalue weighted by atomic mass is 10.1. The fraction of sp³-hybridized carbons (Fsp3) is 0.125. The molecule has 0 spiro atoms. The predicted octanol–water partition coefficient (Wildman–Crippen LogP) is 6.89. The summed E-state index contributed by atoms with van der Waals surface area (Å²) >= 11 is 0. The Hall–Kier alpha value is -5.04. The molecule has 0 unspecified atom stereocenters.